The van der Waals surface area contributed by atoms with Crippen molar-refractivity contribution < 1.29 is 31.1 Å². The molecule has 2 aromatic carbocycles. The van der Waals surface area contributed by atoms with Gasteiger partial charge in [-0.3, -0.25) is 0 Å². The summed E-state index contributed by atoms with van der Waals surface area (Å²) in [5.41, 5.74) is -1.42. The summed E-state index contributed by atoms with van der Waals surface area (Å²) in [5.74, 6) is 4.00. The number of para-hydroxylation sites is 1. The second-order valence-electron chi connectivity index (χ2n) is 4.66. The van der Waals surface area contributed by atoms with Crippen molar-refractivity contribution in [3.63, 3.8) is 0 Å². The lowest BCUT2D eigenvalue weighted by atomic mass is 10.1. The average molecular weight is 418 g/mol. The lowest BCUT2D eigenvalue weighted by molar-refractivity contribution is -0.139. The Kier molecular flexibility index (Phi) is 12.7. The molecule has 0 fully saturated rings. The van der Waals surface area contributed by atoms with Gasteiger partial charge in [0, 0.05) is 19.9 Å². The Morgan fingerprint density at radius 2 is 1.31 bits per heavy atom. The number of nitriles is 2. The second-order valence-corrected chi connectivity index (χ2v) is 4.66. The Balaban J connectivity index is 0. The molecule has 0 aliphatic heterocycles. The minimum absolute atomic E-state index is 0.259. The first-order valence-electron chi connectivity index (χ1n) is 7.22. The lowest BCUT2D eigenvalue weighted by Gasteiger charge is -2.14. The van der Waals surface area contributed by atoms with Crippen LogP contribution in [0.2, 0.25) is 0 Å². The van der Waals surface area contributed by atoms with E-state index in [1.807, 2.05) is 0 Å². The Bertz CT molecular complexity index is 762. The molecule has 11 heteroatoms. The molecule has 2 N–H and O–H groups in total. The smallest absolute Gasteiger partial charge is 0.419 e. The third kappa shape index (κ3) is 10.2. The van der Waals surface area contributed by atoms with Crippen LogP contribution in [0.3, 0.4) is 0 Å². The molecule has 0 aromatic heterocycles. The lowest BCUT2D eigenvalue weighted by Crippen LogP contribution is -2.09. The molecule has 0 unspecified atom stereocenters. The molecule has 0 heterocycles. The summed E-state index contributed by atoms with van der Waals surface area (Å²) in [7, 11) is 0. The summed E-state index contributed by atoms with van der Waals surface area (Å²) in [5, 5.41) is 15.8. The highest BCUT2D eigenvalue weighted by atomic mass is 19.4. The van der Waals surface area contributed by atoms with Gasteiger partial charge in [0.05, 0.1) is 11.1 Å². The van der Waals surface area contributed by atoms with Crippen LogP contribution >= 0.6 is 0 Å². The number of nitrogens with zero attached hydrogens (tertiary/aromatic N) is 3. The zero-order chi connectivity index (χ0) is 23.1. The number of benzene rings is 2. The van der Waals surface area contributed by atoms with Gasteiger partial charge < -0.3 is 10.6 Å². The fraction of sp³-hybridized carbons (Fsp3) is 0.167. The van der Waals surface area contributed by atoms with E-state index in [-0.39, 0.29) is 12.4 Å². The van der Waals surface area contributed by atoms with Crippen LogP contribution in [-0.4, -0.2) is 6.72 Å². The van der Waals surface area contributed by atoms with Crippen molar-refractivity contribution >= 4 is 6.72 Å². The second kappa shape index (κ2) is 13.4. The highest BCUT2D eigenvalue weighted by Gasteiger charge is 2.34. The summed E-state index contributed by atoms with van der Waals surface area (Å²) in [4.78, 5) is 0. The van der Waals surface area contributed by atoms with E-state index in [1.54, 1.807) is 0 Å². The molecule has 0 atom stereocenters. The molecule has 0 bridgehead atoms. The van der Waals surface area contributed by atoms with Crippen LogP contribution in [0.25, 0.3) is 0 Å². The van der Waals surface area contributed by atoms with Crippen LogP contribution in [0.4, 0.5) is 26.3 Å². The van der Waals surface area contributed by atoms with Gasteiger partial charge in [0.2, 0.25) is 0 Å². The molecule has 156 valence electrons. The number of ether oxygens (including phenoxy) is 1. The first kappa shape index (κ1) is 27.5. The normalized spacial score (nSPS) is 9.86. The first-order chi connectivity index (χ1) is 13.6. The molecule has 0 radical (unpaired) electrons. The monoisotopic (exact) mass is 418 g/mol. The number of rotatable bonds is 3. The SMILES string of the molecule is C#N.C#N.C=NN.FC(F)(F)c1ccc(COc2ccccc2C(F)(F)F)cc1. The topological polar surface area (TPSA) is 95.2 Å². The van der Waals surface area contributed by atoms with Crippen molar-refractivity contribution in [3.8, 4) is 18.9 Å². The van der Waals surface area contributed by atoms with Crippen LogP contribution in [0.15, 0.2) is 53.6 Å². The van der Waals surface area contributed by atoms with E-state index in [0.29, 0.717) is 5.56 Å². The number of halogens is 6. The fourth-order valence-electron chi connectivity index (χ4n) is 1.78. The van der Waals surface area contributed by atoms with Crippen molar-refractivity contribution in [3.05, 3.63) is 65.2 Å². The van der Waals surface area contributed by atoms with E-state index in [1.165, 1.54) is 24.3 Å². The van der Waals surface area contributed by atoms with Gasteiger partial charge in [-0.05, 0) is 29.8 Å². The van der Waals surface area contributed by atoms with Crippen molar-refractivity contribution in [2.24, 2.45) is 10.9 Å². The van der Waals surface area contributed by atoms with Crippen molar-refractivity contribution in [1.82, 2.24) is 0 Å². The molecular formula is C18H16F6N4O. The van der Waals surface area contributed by atoms with E-state index in [0.717, 1.165) is 24.3 Å². The number of hydrogen-bond donors (Lipinski definition) is 1. The van der Waals surface area contributed by atoms with Crippen molar-refractivity contribution in [1.29, 1.82) is 10.5 Å². The third-order valence-corrected chi connectivity index (χ3v) is 2.87. The summed E-state index contributed by atoms with van der Waals surface area (Å²) >= 11 is 0. The number of nitrogens with two attached hydrogens (primary N) is 1. The van der Waals surface area contributed by atoms with Crippen LogP contribution in [-0.2, 0) is 19.0 Å². The van der Waals surface area contributed by atoms with Crippen LogP contribution < -0.4 is 10.6 Å². The average Bonchev–Trinajstić information content (AvgIpc) is 2.69. The molecule has 0 aliphatic rings. The Morgan fingerprint density at radius 3 is 1.72 bits per heavy atom. The van der Waals surface area contributed by atoms with Gasteiger partial charge in [0.25, 0.3) is 0 Å². The maximum Gasteiger partial charge on any atom is 0.419 e. The first-order valence-corrected chi connectivity index (χ1v) is 7.22. The summed E-state index contributed by atoms with van der Waals surface area (Å²) in [6.07, 6.45) is -9.01. The molecule has 0 saturated heterocycles. The van der Waals surface area contributed by atoms with Gasteiger partial charge in [0.15, 0.2) is 0 Å². The molecule has 29 heavy (non-hydrogen) atoms. The molecular weight excluding hydrogens is 402 g/mol. The largest absolute Gasteiger partial charge is 0.488 e. The summed E-state index contributed by atoms with van der Waals surface area (Å²) in [6, 6.07) is 8.70. The van der Waals surface area contributed by atoms with E-state index in [2.05, 4.69) is 30.8 Å². The van der Waals surface area contributed by atoms with Crippen molar-refractivity contribution in [2.45, 2.75) is 19.0 Å². The zero-order valence-corrected chi connectivity index (χ0v) is 14.8. The van der Waals surface area contributed by atoms with E-state index in [9.17, 15) is 26.3 Å². The quantitative estimate of drug-likeness (QED) is 0.323. The molecule has 2 rings (SSSR count). The molecule has 2 aromatic rings. The molecule has 0 saturated carbocycles. The highest BCUT2D eigenvalue weighted by molar-refractivity contribution is 5.36. The number of alkyl halides is 6. The molecule has 0 amide bonds. The maximum atomic E-state index is 12.8. The fourth-order valence-corrected chi connectivity index (χ4v) is 1.78. The summed E-state index contributed by atoms with van der Waals surface area (Å²) < 4.78 is 80.5. The van der Waals surface area contributed by atoms with Crippen molar-refractivity contribution in [2.75, 3.05) is 0 Å². The van der Waals surface area contributed by atoms with Crippen LogP contribution in [0, 0.1) is 23.7 Å². The van der Waals surface area contributed by atoms with Gasteiger partial charge >= 0.3 is 12.4 Å². The Hall–Kier alpha value is -3.73. The van der Waals surface area contributed by atoms with Gasteiger partial charge in [-0.15, -0.1) is 0 Å². The van der Waals surface area contributed by atoms with Gasteiger partial charge in [-0.2, -0.15) is 31.4 Å². The van der Waals surface area contributed by atoms with E-state index in [4.69, 9.17) is 15.3 Å². The van der Waals surface area contributed by atoms with Crippen LogP contribution in [0.1, 0.15) is 16.7 Å². The standard InChI is InChI=1S/C15H10F6O.CH4N2.2CHN/c16-14(17,18)11-7-5-10(6-8-11)9-22-13-4-2-1-3-12(13)15(19,20)21;1-3-2;2*1-2/h1-8H,9H2;1-2H2;2*1H. The zero-order valence-electron chi connectivity index (χ0n) is 14.8. The Labute approximate surface area is 163 Å². The number of hydrogen-bond acceptors (Lipinski definition) is 5. The summed E-state index contributed by atoms with van der Waals surface area (Å²) in [6.45, 7) is 9.63. The predicted octanol–water partition coefficient (Wildman–Crippen LogP) is 5.14. The minimum Gasteiger partial charge on any atom is -0.488 e. The molecule has 5 nitrogen and oxygen atoms in total. The third-order valence-electron chi connectivity index (χ3n) is 2.87. The molecule has 0 aliphatic carbocycles. The van der Waals surface area contributed by atoms with Gasteiger partial charge in [-0.25, -0.2) is 10.5 Å². The maximum absolute atomic E-state index is 12.8. The van der Waals surface area contributed by atoms with E-state index < -0.39 is 23.5 Å². The predicted molar refractivity (Wildman–Crippen MR) is 94.3 cm³/mol. The van der Waals surface area contributed by atoms with E-state index >= 15 is 0 Å². The molecule has 0 spiro atoms. The highest BCUT2D eigenvalue weighted by Crippen LogP contribution is 2.36. The Morgan fingerprint density at radius 1 is 0.862 bits per heavy atom. The number of hydrazone groups is 1. The minimum atomic E-state index is -4.56. The van der Waals surface area contributed by atoms with Gasteiger partial charge in [-0.1, -0.05) is 24.3 Å². The van der Waals surface area contributed by atoms with Crippen LogP contribution in [0.5, 0.6) is 5.75 Å². The van der Waals surface area contributed by atoms with Gasteiger partial charge in [0.1, 0.15) is 12.4 Å².